The smallest absolute Gasteiger partial charge is 0.224 e. The zero-order valence-corrected chi connectivity index (χ0v) is 18.7. The van der Waals surface area contributed by atoms with Gasteiger partial charge in [0.25, 0.3) is 0 Å². The summed E-state index contributed by atoms with van der Waals surface area (Å²) in [6.45, 7) is 5.75. The maximum Gasteiger partial charge on any atom is 0.224 e. The summed E-state index contributed by atoms with van der Waals surface area (Å²) in [7, 11) is 0. The Morgan fingerprint density at radius 1 is 1.10 bits per heavy atom. The van der Waals surface area contributed by atoms with Gasteiger partial charge >= 0.3 is 0 Å². The molecule has 0 radical (unpaired) electrons. The molecule has 0 saturated carbocycles. The lowest BCUT2D eigenvalue weighted by Gasteiger charge is -2.36. The van der Waals surface area contributed by atoms with E-state index in [9.17, 15) is 4.79 Å². The van der Waals surface area contributed by atoms with Crippen molar-refractivity contribution in [1.29, 1.82) is 0 Å². The second kappa shape index (κ2) is 11.6. The van der Waals surface area contributed by atoms with Crippen molar-refractivity contribution in [2.24, 2.45) is 0 Å². The Morgan fingerprint density at radius 3 is 2.21 bits per heavy atom. The van der Waals surface area contributed by atoms with E-state index in [1.54, 1.807) is 18.5 Å². The summed E-state index contributed by atoms with van der Waals surface area (Å²) in [6.07, 6.45) is 3.94. The van der Waals surface area contributed by atoms with Gasteiger partial charge in [0.05, 0.1) is 12.2 Å². The molecule has 2 unspecified atom stereocenters. The number of ether oxygens (including phenoxy) is 1. The van der Waals surface area contributed by atoms with E-state index in [0.29, 0.717) is 36.1 Å². The maximum atomic E-state index is 12.8. The number of pyridine rings is 1. The van der Waals surface area contributed by atoms with Gasteiger partial charge in [0.1, 0.15) is 0 Å². The van der Waals surface area contributed by atoms with Crippen LogP contribution in [0.5, 0.6) is 0 Å². The third-order valence-corrected chi connectivity index (χ3v) is 4.89. The number of anilines is 2. The Balaban J connectivity index is 0.00000210. The van der Waals surface area contributed by atoms with Gasteiger partial charge in [-0.25, -0.2) is 0 Å². The van der Waals surface area contributed by atoms with E-state index in [4.69, 9.17) is 27.9 Å². The molecule has 0 spiro atoms. The van der Waals surface area contributed by atoms with Crippen LogP contribution in [0.1, 0.15) is 20.3 Å². The van der Waals surface area contributed by atoms with Crippen molar-refractivity contribution in [2.75, 3.05) is 24.5 Å². The standard InChI is InChI=1S/C20H23Cl2N3O2.ClH.H2O/c1-14-12-24(13-15(2)27-14)20(26)5-8-25(18-3-6-23-7-4-18)19-10-16(21)9-17(22)11-19;;/h3-4,6-7,9-11,14-15H,5,8,12-13H2,1-2H3;1H;1H2. The minimum absolute atomic E-state index is 0. The highest BCUT2D eigenvalue weighted by Gasteiger charge is 2.26. The number of aromatic nitrogens is 1. The summed E-state index contributed by atoms with van der Waals surface area (Å²) < 4.78 is 5.72. The molecule has 1 aliphatic heterocycles. The molecule has 1 amide bonds. The van der Waals surface area contributed by atoms with Crippen molar-refractivity contribution < 1.29 is 15.0 Å². The van der Waals surface area contributed by atoms with Gasteiger partial charge in [-0.2, -0.15) is 0 Å². The molecule has 3 rings (SSSR count). The molecule has 9 heteroatoms. The van der Waals surface area contributed by atoms with Gasteiger partial charge in [-0.3, -0.25) is 9.78 Å². The SMILES string of the molecule is CC1CN(C(=O)CCN(c2ccncc2)c2cc(Cl)cc(Cl)c2)CC(C)O1.Cl.O. The first kappa shape index (κ1) is 25.5. The van der Waals surface area contributed by atoms with E-state index < -0.39 is 0 Å². The van der Waals surface area contributed by atoms with E-state index in [2.05, 4.69) is 4.98 Å². The number of nitrogens with zero attached hydrogens (tertiary/aromatic N) is 3. The summed E-state index contributed by atoms with van der Waals surface area (Å²) in [6, 6.07) is 9.18. The molecular weight excluding hydrogens is 437 g/mol. The lowest BCUT2D eigenvalue weighted by Crippen LogP contribution is -2.48. The van der Waals surface area contributed by atoms with Crippen molar-refractivity contribution in [3.05, 3.63) is 52.8 Å². The van der Waals surface area contributed by atoms with Gasteiger partial charge in [-0.05, 0) is 44.2 Å². The topological polar surface area (TPSA) is 77.2 Å². The van der Waals surface area contributed by atoms with Crippen LogP contribution in [0.4, 0.5) is 11.4 Å². The molecule has 29 heavy (non-hydrogen) atoms. The second-order valence-corrected chi connectivity index (χ2v) is 7.66. The lowest BCUT2D eigenvalue weighted by atomic mass is 10.2. The summed E-state index contributed by atoms with van der Waals surface area (Å²) in [5.41, 5.74) is 1.77. The molecule has 2 N–H and O–H groups in total. The first-order valence-electron chi connectivity index (χ1n) is 8.99. The third-order valence-electron chi connectivity index (χ3n) is 4.45. The predicted octanol–water partition coefficient (Wildman–Crippen LogP) is 4.15. The fourth-order valence-electron chi connectivity index (χ4n) is 3.37. The Bertz CT molecular complexity index is 765. The largest absolute Gasteiger partial charge is 0.412 e. The number of halogens is 3. The second-order valence-electron chi connectivity index (χ2n) is 6.79. The zero-order chi connectivity index (χ0) is 19.4. The quantitative estimate of drug-likeness (QED) is 0.669. The molecular formula is C20H26Cl3N3O3. The highest BCUT2D eigenvalue weighted by molar-refractivity contribution is 6.35. The summed E-state index contributed by atoms with van der Waals surface area (Å²) in [5, 5.41) is 1.11. The summed E-state index contributed by atoms with van der Waals surface area (Å²) >= 11 is 12.4. The van der Waals surface area contributed by atoms with Gasteiger partial charge in [0.15, 0.2) is 0 Å². The molecule has 6 nitrogen and oxygen atoms in total. The van der Waals surface area contributed by atoms with Crippen LogP contribution < -0.4 is 4.90 Å². The van der Waals surface area contributed by atoms with Crippen LogP contribution in [-0.2, 0) is 9.53 Å². The monoisotopic (exact) mass is 461 g/mol. The van der Waals surface area contributed by atoms with Gasteiger partial charge in [-0.1, -0.05) is 23.2 Å². The van der Waals surface area contributed by atoms with E-state index in [0.717, 1.165) is 11.4 Å². The van der Waals surface area contributed by atoms with Crippen LogP contribution in [0.25, 0.3) is 0 Å². The van der Waals surface area contributed by atoms with Crippen LogP contribution in [-0.4, -0.2) is 53.1 Å². The Morgan fingerprint density at radius 2 is 1.66 bits per heavy atom. The molecule has 2 atom stereocenters. The number of amides is 1. The van der Waals surface area contributed by atoms with Crippen LogP contribution in [0.2, 0.25) is 10.0 Å². The Labute approximate surface area is 187 Å². The highest BCUT2D eigenvalue weighted by Crippen LogP contribution is 2.30. The highest BCUT2D eigenvalue weighted by atomic mass is 35.5. The molecule has 1 fully saturated rings. The first-order chi connectivity index (χ1) is 12.9. The van der Waals surface area contributed by atoms with Crippen molar-refractivity contribution in [3.63, 3.8) is 0 Å². The minimum atomic E-state index is 0. The minimum Gasteiger partial charge on any atom is -0.412 e. The average Bonchev–Trinajstić information content (AvgIpc) is 2.61. The van der Waals surface area contributed by atoms with Crippen LogP contribution >= 0.6 is 35.6 Å². The normalized spacial score (nSPS) is 18.4. The number of benzene rings is 1. The van der Waals surface area contributed by atoms with Gasteiger partial charge < -0.3 is 20.0 Å². The van der Waals surface area contributed by atoms with Gasteiger partial charge in [0, 0.05) is 59.9 Å². The number of hydrogen-bond acceptors (Lipinski definition) is 4. The average molecular weight is 463 g/mol. The van der Waals surface area contributed by atoms with E-state index >= 15 is 0 Å². The van der Waals surface area contributed by atoms with Crippen LogP contribution in [0, 0.1) is 0 Å². The lowest BCUT2D eigenvalue weighted by molar-refractivity contribution is -0.142. The molecule has 1 aliphatic rings. The Hall–Kier alpha value is -1.57. The van der Waals surface area contributed by atoms with Gasteiger partial charge in [-0.15, -0.1) is 12.4 Å². The molecule has 0 aliphatic carbocycles. The number of carbonyl (C=O) groups excluding carboxylic acids is 1. The van der Waals surface area contributed by atoms with Crippen LogP contribution in [0.3, 0.4) is 0 Å². The van der Waals surface area contributed by atoms with Gasteiger partial charge in [0.2, 0.25) is 5.91 Å². The molecule has 1 aromatic carbocycles. The van der Waals surface area contributed by atoms with Crippen molar-refractivity contribution in [2.45, 2.75) is 32.5 Å². The third kappa shape index (κ3) is 7.01. The van der Waals surface area contributed by atoms with E-state index in [1.165, 1.54) is 0 Å². The number of hydrogen-bond donors (Lipinski definition) is 0. The number of carbonyl (C=O) groups is 1. The number of morpholine rings is 1. The fourth-order valence-corrected chi connectivity index (χ4v) is 3.89. The van der Waals surface area contributed by atoms with Crippen LogP contribution in [0.15, 0.2) is 42.7 Å². The molecule has 2 aromatic rings. The number of rotatable bonds is 5. The molecule has 1 saturated heterocycles. The van der Waals surface area contributed by atoms with Crippen molar-refractivity contribution in [1.82, 2.24) is 9.88 Å². The van der Waals surface area contributed by atoms with Crippen molar-refractivity contribution >= 4 is 52.9 Å². The molecule has 0 bridgehead atoms. The molecule has 2 heterocycles. The summed E-state index contributed by atoms with van der Waals surface area (Å²) in [5.74, 6) is 0.115. The van der Waals surface area contributed by atoms with Crippen molar-refractivity contribution in [3.8, 4) is 0 Å². The summed E-state index contributed by atoms with van der Waals surface area (Å²) in [4.78, 5) is 20.8. The first-order valence-corrected chi connectivity index (χ1v) is 9.75. The zero-order valence-electron chi connectivity index (χ0n) is 16.3. The Kier molecular flexibility index (Phi) is 10.2. The maximum absolute atomic E-state index is 12.8. The fraction of sp³-hybridized carbons (Fsp3) is 0.400. The van der Waals surface area contributed by atoms with E-state index in [1.807, 2.05) is 47.9 Å². The molecule has 160 valence electrons. The predicted molar refractivity (Wildman–Crippen MR) is 120 cm³/mol. The van der Waals surface area contributed by atoms with E-state index in [-0.39, 0.29) is 36.0 Å². The molecule has 1 aromatic heterocycles.